The molecule has 0 aromatic heterocycles. The predicted molar refractivity (Wildman–Crippen MR) is 107 cm³/mol. The molecular weight excluding hydrogens is 340 g/mol. The molecule has 27 heavy (non-hydrogen) atoms. The predicted octanol–water partition coefficient (Wildman–Crippen LogP) is 3.30. The summed E-state index contributed by atoms with van der Waals surface area (Å²) in [6.45, 7) is 6.40. The van der Waals surface area contributed by atoms with Crippen LogP contribution in [0.1, 0.15) is 49.2 Å². The van der Waals surface area contributed by atoms with Crippen LogP contribution < -0.4 is 10.6 Å². The van der Waals surface area contributed by atoms with Crippen molar-refractivity contribution in [2.45, 2.75) is 33.3 Å². The molecule has 1 unspecified atom stereocenters. The van der Waals surface area contributed by atoms with Gasteiger partial charge in [0.1, 0.15) is 0 Å². The van der Waals surface area contributed by atoms with E-state index in [2.05, 4.69) is 10.6 Å². The molecule has 2 aromatic carbocycles. The molecule has 2 aromatic rings. The third-order valence-corrected chi connectivity index (χ3v) is 4.40. The average molecular weight is 368 g/mol. The lowest BCUT2D eigenvalue weighted by Gasteiger charge is -2.10. The van der Waals surface area contributed by atoms with Crippen LogP contribution in [0.15, 0.2) is 48.5 Å². The molecule has 0 saturated carbocycles. The third-order valence-electron chi connectivity index (χ3n) is 4.40. The van der Waals surface area contributed by atoms with Gasteiger partial charge in [-0.05, 0) is 35.2 Å². The minimum absolute atomic E-state index is 0.0222. The molecule has 5 heteroatoms. The summed E-state index contributed by atoms with van der Waals surface area (Å²) >= 11 is 0. The molecule has 0 saturated heterocycles. The zero-order valence-electron chi connectivity index (χ0n) is 16.2. The van der Waals surface area contributed by atoms with Gasteiger partial charge in [-0.3, -0.25) is 9.59 Å². The Morgan fingerprint density at radius 1 is 0.889 bits per heavy atom. The van der Waals surface area contributed by atoms with Crippen LogP contribution in [0.4, 0.5) is 0 Å². The molecular formula is C22H28N2O3. The average Bonchev–Trinajstić information content (AvgIpc) is 2.70. The number of carbonyl (C=O) groups is 2. The maximum absolute atomic E-state index is 12.2. The van der Waals surface area contributed by atoms with Gasteiger partial charge < -0.3 is 15.7 Å². The molecule has 2 rings (SSSR count). The second-order valence-corrected chi connectivity index (χ2v) is 6.83. The molecule has 5 nitrogen and oxygen atoms in total. The number of amides is 2. The number of benzene rings is 2. The van der Waals surface area contributed by atoms with E-state index in [9.17, 15) is 14.7 Å². The highest BCUT2D eigenvalue weighted by molar-refractivity contribution is 5.94. The first-order chi connectivity index (χ1) is 12.9. The van der Waals surface area contributed by atoms with E-state index in [-0.39, 0.29) is 17.7 Å². The van der Waals surface area contributed by atoms with Gasteiger partial charge in [0.05, 0.1) is 6.10 Å². The first-order valence-electron chi connectivity index (χ1n) is 9.36. The van der Waals surface area contributed by atoms with Crippen molar-refractivity contribution >= 4 is 11.8 Å². The van der Waals surface area contributed by atoms with Crippen molar-refractivity contribution in [3.05, 3.63) is 59.7 Å². The van der Waals surface area contributed by atoms with E-state index in [0.29, 0.717) is 25.1 Å². The van der Waals surface area contributed by atoms with Crippen LogP contribution in [0.3, 0.4) is 0 Å². The summed E-state index contributed by atoms with van der Waals surface area (Å²) in [5.74, 6) is -0.250. The summed E-state index contributed by atoms with van der Waals surface area (Å²) < 4.78 is 0. The molecule has 2 amide bonds. The summed E-state index contributed by atoms with van der Waals surface area (Å²) in [5, 5.41) is 15.4. The van der Waals surface area contributed by atoms with Crippen molar-refractivity contribution in [3.8, 4) is 11.1 Å². The van der Waals surface area contributed by atoms with Gasteiger partial charge in [-0.25, -0.2) is 0 Å². The summed E-state index contributed by atoms with van der Waals surface area (Å²) in [5.41, 5.74) is 3.52. The standard InChI is InChI=1S/C22H28N2O3/c1-4-20(25)18-9-5-16(6-10-18)17-7-11-19(12-8-17)22(27)24-14-13-23-21(26)15(2)3/h5-12,15,20,25H,4,13-14H2,1-3H3,(H,23,26)(H,24,27). The lowest BCUT2D eigenvalue weighted by molar-refractivity contribution is -0.123. The van der Waals surface area contributed by atoms with Gasteiger partial charge in [-0.1, -0.05) is 57.2 Å². The fourth-order valence-corrected chi connectivity index (χ4v) is 2.62. The number of hydrogen-bond donors (Lipinski definition) is 3. The van der Waals surface area contributed by atoms with E-state index < -0.39 is 6.10 Å². The van der Waals surface area contributed by atoms with Crippen LogP contribution in [-0.4, -0.2) is 30.0 Å². The van der Waals surface area contributed by atoms with E-state index >= 15 is 0 Å². The number of aliphatic hydroxyl groups is 1. The van der Waals surface area contributed by atoms with Gasteiger partial charge in [-0.2, -0.15) is 0 Å². The van der Waals surface area contributed by atoms with Crippen LogP contribution >= 0.6 is 0 Å². The zero-order chi connectivity index (χ0) is 19.8. The van der Waals surface area contributed by atoms with E-state index in [1.807, 2.05) is 57.2 Å². The second-order valence-electron chi connectivity index (χ2n) is 6.83. The third kappa shape index (κ3) is 5.93. The van der Waals surface area contributed by atoms with Crippen LogP contribution in [-0.2, 0) is 4.79 Å². The molecule has 1 atom stereocenters. The van der Waals surface area contributed by atoms with Crippen molar-refractivity contribution < 1.29 is 14.7 Å². The summed E-state index contributed by atoms with van der Waals surface area (Å²) in [6, 6.07) is 15.2. The first kappa shape index (κ1) is 20.6. The SMILES string of the molecule is CCC(O)c1ccc(-c2ccc(C(=O)NCCNC(=O)C(C)C)cc2)cc1. The monoisotopic (exact) mass is 368 g/mol. The van der Waals surface area contributed by atoms with E-state index in [1.54, 1.807) is 12.1 Å². The minimum atomic E-state index is -0.435. The number of carbonyl (C=O) groups excluding carboxylic acids is 2. The Labute approximate surface area is 160 Å². The topological polar surface area (TPSA) is 78.4 Å². The summed E-state index contributed by atoms with van der Waals surface area (Å²) in [6.07, 6.45) is 0.250. The van der Waals surface area contributed by atoms with Crippen LogP contribution in [0, 0.1) is 5.92 Å². The van der Waals surface area contributed by atoms with Crippen molar-refractivity contribution in [1.29, 1.82) is 0 Å². The van der Waals surface area contributed by atoms with Gasteiger partial charge in [0.2, 0.25) is 5.91 Å². The largest absolute Gasteiger partial charge is 0.388 e. The smallest absolute Gasteiger partial charge is 0.251 e. The Morgan fingerprint density at radius 3 is 1.93 bits per heavy atom. The number of hydrogen-bond acceptors (Lipinski definition) is 3. The quantitative estimate of drug-likeness (QED) is 0.626. The van der Waals surface area contributed by atoms with Gasteiger partial charge in [0.15, 0.2) is 0 Å². The van der Waals surface area contributed by atoms with E-state index in [0.717, 1.165) is 16.7 Å². The Hall–Kier alpha value is -2.66. The van der Waals surface area contributed by atoms with Gasteiger partial charge >= 0.3 is 0 Å². The van der Waals surface area contributed by atoms with E-state index in [4.69, 9.17) is 0 Å². The molecule has 0 radical (unpaired) electrons. The maximum atomic E-state index is 12.2. The van der Waals surface area contributed by atoms with Gasteiger partial charge in [-0.15, -0.1) is 0 Å². The molecule has 0 fully saturated rings. The number of aliphatic hydroxyl groups excluding tert-OH is 1. The number of rotatable bonds is 8. The van der Waals surface area contributed by atoms with E-state index in [1.165, 1.54) is 0 Å². The first-order valence-corrected chi connectivity index (χ1v) is 9.36. The number of nitrogens with one attached hydrogen (secondary N) is 2. The molecule has 0 aliphatic carbocycles. The van der Waals surface area contributed by atoms with Crippen molar-refractivity contribution in [1.82, 2.24) is 10.6 Å². The molecule has 144 valence electrons. The van der Waals surface area contributed by atoms with Crippen molar-refractivity contribution in [2.24, 2.45) is 5.92 Å². The van der Waals surface area contributed by atoms with Gasteiger partial charge in [0.25, 0.3) is 5.91 Å². The van der Waals surface area contributed by atoms with Crippen molar-refractivity contribution in [2.75, 3.05) is 13.1 Å². The fraction of sp³-hybridized carbons (Fsp3) is 0.364. The highest BCUT2D eigenvalue weighted by Crippen LogP contribution is 2.23. The lowest BCUT2D eigenvalue weighted by Crippen LogP contribution is -2.36. The van der Waals surface area contributed by atoms with Crippen LogP contribution in [0.2, 0.25) is 0 Å². The molecule has 0 aliphatic heterocycles. The normalized spacial score (nSPS) is 11.9. The highest BCUT2D eigenvalue weighted by atomic mass is 16.3. The Morgan fingerprint density at radius 2 is 1.41 bits per heavy atom. The minimum Gasteiger partial charge on any atom is -0.388 e. The Bertz CT molecular complexity index is 752. The van der Waals surface area contributed by atoms with Crippen LogP contribution in [0.25, 0.3) is 11.1 Å². The maximum Gasteiger partial charge on any atom is 0.251 e. The second kappa shape index (κ2) is 9.88. The lowest BCUT2D eigenvalue weighted by atomic mass is 10.00. The Kier molecular flexibility index (Phi) is 7.55. The summed E-state index contributed by atoms with van der Waals surface area (Å²) in [7, 11) is 0. The molecule has 3 N–H and O–H groups in total. The molecule has 0 bridgehead atoms. The van der Waals surface area contributed by atoms with Crippen LogP contribution in [0.5, 0.6) is 0 Å². The molecule has 0 aliphatic rings. The molecule has 0 spiro atoms. The highest BCUT2D eigenvalue weighted by Gasteiger charge is 2.08. The zero-order valence-corrected chi connectivity index (χ0v) is 16.2. The summed E-state index contributed by atoms with van der Waals surface area (Å²) in [4.78, 5) is 23.6. The van der Waals surface area contributed by atoms with Gasteiger partial charge in [0, 0.05) is 24.6 Å². The fourth-order valence-electron chi connectivity index (χ4n) is 2.62. The van der Waals surface area contributed by atoms with Crippen molar-refractivity contribution in [3.63, 3.8) is 0 Å². The Balaban J connectivity index is 1.90. The molecule has 0 heterocycles.